The number of hydrogen-bond acceptors (Lipinski definition) is 13. The van der Waals surface area contributed by atoms with Gasteiger partial charge in [-0.25, -0.2) is 9.37 Å². The van der Waals surface area contributed by atoms with Crippen LogP contribution in [-0.2, 0) is 28.5 Å². The van der Waals surface area contributed by atoms with Gasteiger partial charge in [0.15, 0.2) is 16.7 Å². The number of nitrogens with one attached hydrogen (secondary N) is 2. The second-order valence-electron chi connectivity index (χ2n) is 11.9. The molecule has 2 aliphatic rings. The van der Waals surface area contributed by atoms with Crippen molar-refractivity contribution in [3.63, 3.8) is 0 Å². The number of anilines is 1. The molecule has 0 spiro atoms. The van der Waals surface area contributed by atoms with E-state index in [0.717, 1.165) is 29.9 Å². The Morgan fingerprint density at radius 2 is 1.67 bits per heavy atom. The summed E-state index contributed by atoms with van der Waals surface area (Å²) in [7, 11) is 0. The summed E-state index contributed by atoms with van der Waals surface area (Å²) in [6.07, 6.45) is 2.78. The van der Waals surface area contributed by atoms with Gasteiger partial charge in [-0.3, -0.25) is 14.9 Å². The van der Waals surface area contributed by atoms with Crippen LogP contribution < -0.4 is 30.7 Å². The van der Waals surface area contributed by atoms with Gasteiger partial charge < -0.3 is 44.4 Å². The van der Waals surface area contributed by atoms with E-state index in [0.29, 0.717) is 108 Å². The Morgan fingerprint density at radius 1 is 0.962 bits per heavy atom. The highest BCUT2D eigenvalue weighted by atomic mass is 32.1. The lowest BCUT2D eigenvalue weighted by Gasteiger charge is -2.26. The number of carbonyl (C=O) groups excluding carboxylic acids is 2. The van der Waals surface area contributed by atoms with Gasteiger partial charge in [0.1, 0.15) is 12.4 Å². The Labute approximate surface area is 305 Å². The molecule has 2 fully saturated rings. The maximum atomic E-state index is 14.8. The normalized spacial score (nSPS) is 16.5. The standard InChI is InChI=1S/C36H45F2N5O8S/c37-30-7-5-29(31-24-52-36(41-31)43-11-15-47-16-12-43)34(33(30)38)51-13-9-26(39)23-40-10-14-46-17-18-48-19-20-49-21-22-50-27-3-1-25(2-4-27)28-6-8-32(44)42-35(28)45/h1-5,7,23-24,28,40H,6,8-22,39H2,(H,42,44,45)/b26-23-. The molecule has 2 aromatic carbocycles. The average molecular weight is 746 g/mol. The van der Waals surface area contributed by atoms with Crippen LogP contribution in [0.25, 0.3) is 11.3 Å². The van der Waals surface area contributed by atoms with E-state index in [-0.39, 0.29) is 30.1 Å². The fourth-order valence-electron chi connectivity index (χ4n) is 5.41. The lowest BCUT2D eigenvalue weighted by Crippen LogP contribution is -2.39. The molecule has 2 aliphatic heterocycles. The van der Waals surface area contributed by atoms with Crippen LogP contribution in [0.2, 0.25) is 0 Å². The number of thiazole rings is 1. The zero-order valence-corrected chi connectivity index (χ0v) is 29.7. The summed E-state index contributed by atoms with van der Waals surface area (Å²) in [4.78, 5) is 30.1. The van der Waals surface area contributed by atoms with Crippen molar-refractivity contribution < 1.29 is 46.8 Å². The molecular weight excluding hydrogens is 700 g/mol. The highest BCUT2D eigenvalue weighted by Crippen LogP contribution is 2.36. The smallest absolute Gasteiger partial charge is 0.234 e. The molecule has 0 bridgehead atoms. The maximum Gasteiger partial charge on any atom is 0.234 e. The fourth-order valence-corrected chi connectivity index (χ4v) is 6.29. The third-order valence-electron chi connectivity index (χ3n) is 8.18. The van der Waals surface area contributed by atoms with E-state index in [1.54, 1.807) is 18.3 Å². The van der Waals surface area contributed by atoms with Gasteiger partial charge in [-0.05, 0) is 36.2 Å². The number of amides is 2. The van der Waals surface area contributed by atoms with Gasteiger partial charge in [-0.2, -0.15) is 4.39 Å². The molecule has 282 valence electrons. The first-order valence-corrected chi connectivity index (χ1v) is 18.1. The number of nitrogens with zero attached hydrogens (tertiary/aromatic N) is 2. The van der Waals surface area contributed by atoms with Crippen LogP contribution >= 0.6 is 11.3 Å². The van der Waals surface area contributed by atoms with E-state index in [9.17, 15) is 18.4 Å². The summed E-state index contributed by atoms with van der Waals surface area (Å²) < 4.78 is 62.3. The Kier molecular flexibility index (Phi) is 15.4. The molecule has 1 unspecified atom stereocenters. The number of hydrogen-bond donors (Lipinski definition) is 3. The largest absolute Gasteiger partial charge is 0.491 e. The molecule has 0 aliphatic carbocycles. The minimum atomic E-state index is -1.06. The van der Waals surface area contributed by atoms with E-state index in [2.05, 4.69) is 20.5 Å². The molecule has 3 aromatic rings. The van der Waals surface area contributed by atoms with Crippen molar-refractivity contribution in [1.29, 1.82) is 0 Å². The summed E-state index contributed by atoms with van der Waals surface area (Å²) in [5.41, 5.74) is 8.30. The predicted molar refractivity (Wildman–Crippen MR) is 190 cm³/mol. The summed E-state index contributed by atoms with van der Waals surface area (Å²) in [6, 6.07) is 9.84. The molecule has 2 amide bonds. The molecule has 3 heterocycles. The lowest BCUT2D eigenvalue weighted by molar-refractivity contribution is -0.134. The number of rotatable bonds is 21. The lowest BCUT2D eigenvalue weighted by atomic mass is 9.90. The van der Waals surface area contributed by atoms with Crippen LogP contribution in [0.1, 0.15) is 30.7 Å². The van der Waals surface area contributed by atoms with Gasteiger partial charge in [-0.1, -0.05) is 12.1 Å². The quantitative estimate of drug-likeness (QED) is 0.108. The van der Waals surface area contributed by atoms with Crippen molar-refractivity contribution >= 4 is 28.3 Å². The van der Waals surface area contributed by atoms with Crippen LogP contribution in [0.5, 0.6) is 11.5 Å². The third kappa shape index (κ3) is 11.8. The van der Waals surface area contributed by atoms with Crippen LogP contribution in [0, 0.1) is 11.6 Å². The van der Waals surface area contributed by atoms with E-state index in [1.807, 2.05) is 17.5 Å². The van der Waals surface area contributed by atoms with Crippen molar-refractivity contribution in [2.24, 2.45) is 5.73 Å². The first-order valence-electron chi connectivity index (χ1n) is 17.3. The molecule has 52 heavy (non-hydrogen) atoms. The molecule has 13 nitrogen and oxygen atoms in total. The summed E-state index contributed by atoms with van der Waals surface area (Å²) >= 11 is 1.43. The summed E-state index contributed by atoms with van der Waals surface area (Å²) in [5.74, 6) is -2.38. The fraction of sp³-hybridized carbons (Fsp3) is 0.472. The van der Waals surface area contributed by atoms with Gasteiger partial charge in [0.05, 0.1) is 71.1 Å². The van der Waals surface area contributed by atoms with Crippen LogP contribution in [0.3, 0.4) is 0 Å². The molecule has 0 saturated carbocycles. The number of piperidine rings is 1. The molecule has 1 atom stereocenters. The molecule has 16 heteroatoms. The number of ether oxygens (including phenoxy) is 6. The number of imide groups is 1. The van der Waals surface area contributed by atoms with Crippen LogP contribution in [0.4, 0.5) is 13.9 Å². The molecule has 2 saturated heterocycles. The van der Waals surface area contributed by atoms with Crippen molar-refractivity contribution in [2.45, 2.75) is 25.2 Å². The monoisotopic (exact) mass is 745 g/mol. The Hall–Kier alpha value is -4.35. The molecule has 5 rings (SSSR count). The Morgan fingerprint density at radius 3 is 2.40 bits per heavy atom. The molecule has 1 aromatic heterocycles. The van der Waals surface area contributed by atoms with Gasteiger partial charge in [0.2, 0.25) is 17.6 Å². The number of benzene rings is 2. The maximum absolute atomic E-state index is 14.8. The van der Waals surface area contributed by atoms with Gasteiger partial charge in [0.25, 0.3) is 0 Å². The number of carbonyl (C=O) groups is 2. The van der Waals surface area contributed by atoms with Crippen LogP contribution in [0.15, 0.2) is 53.7 Å². The number of halogens is 2. The highest BCUT2D eigenvalue weighted by Gasteiger charge is 2.28. The van der Waals surface area contributed by atoms with E-state index in [4.69, 9.17) is 34.2 Å². The minimum absolute atomic E-state index is 0.0460. The average Bonchev–Trinajstić information content (AvgIpc) is 3.64. The van der Waals surface area contributed by atoms with Crippen molar-refractivity contribution in [2.75, 3.05) is 90.6 Å². The van der Waals surface area contributed by atoms with Crippen molar-refractivity contribution in [1.82, 2.24) is 15.6 Å². The zero-order chi connectivity index (χ0) is 36.5. The Bertz CT molecular complexity index is 1620. The zero-order valence-electron chi connectivity index (χ0n) is 28.9. The molecular formula is C36H45F2N5O8S. The van der Waals surface area contributed by atoms with E-state index in [1.165, 1.54) is 17.4 Å². The third-order valence-corrected chi connectivity index (χ3v) is 9.08. The second-order valence-corrected chi connectivity index (χ2v) is 12.7. The van der Waals surface area contributed by atoms with E-state index >= 15 is 0 Å². The first-order chi connectivity index (χ1) is 25.4. The molecule has 4 N–H and O–H groups in total. The topological polar surface area (TPSA) is 156 Å². The van der Waals surface area contributed by atoms with Crippen molar-refractivity contribution in [3.05, 3.63) is 70.9 Å². The highest BCUT2D eigenvalue weighted by molar-refractivity contribution is 7.14. The predicted octanol–water partition coefficient (Wildman–Crippen LogP) is 3.73. The second kappa shape index (κ2) is 20.6. The van der Waals surface area contributed by atoms with Gasteiger partial charge in [0, 0.05) is 55.3 Å². The molecule has 0 radical (unpaired) electrons. The number of aromatic nitrogens is 1. The minimum Gasteiger partial charge on any atom is -0.491 e. The number of nitrogens with two attached hydrogens (primary N) is 1. The van der Waals surface area contributed by atoms with Crippen molar-refractivity contribution in [3.8, 4) is 22.8 Å². The SMILES string of the molecule is N/C(=C\NCCOCCOCCOCCOc1ccc(C2CCC(=O)NC2=O)cc1)CCOc1c(-c2csc(N3CCOCC3)n2)ccc(F)c1F. The van der Waals surface area contributed by atoms with Gasteiger partial charge in [-0.15, -0.1) is 11.3 Å². The summed E-state index contributed by atoms with van der Waals surface area (Å²) in [6.45, 7) is 6.12. The summed E-state index contributed by atoms with van der Waals surface area (Å²) in [5, 5.41) is 8.04. The Balaban J connectivity index is 0.869. The van der Waals surface area contributed by atoms with E-state index < -0.39 is 11.6 Å². The van der Waals surface area contributed by atoms with Crippen LogP contribution in [-0.4, -0.2) is 103 Å². The van der Waals surface area contributed by atoms with Gasteiger partial charge >= 0.3 is 0 Å². The first kappa shape index (κ1) is 38.9. The number of morpholine rings is 1.